The van der Waals surface area contributed by atoms with E-state index in [1.165, 1.54) is 10.6 Å². The summed E-state index contributed by atoms with van der Waals surface area (Å²) in [6, 6.07) is 10.5. The van der Waals surface area contributed by atoms with Crippen LogP contribution in [0.1, 0.15) is 69.5 Å². The summed E-state index contributed by atoms with van der Waals surface area (Å²) in [5.41, 5.74) is 2.79. The second-order valence-corrected chi connectivity index (χ2v) is 8.05. The van der Waals surface area contributed by atoms with Gasteiger partial charge in [0.1, 0.15) is 5.69 Å². The Kier molecular flexibility index (Phi) is 6.02. The number of ketones is 1. The van der Waals surface area contributed by atoms with Crippen LogP contribution >= 0.6 is 0 Å². The molecule has 0 saturated carbocycles. The van der Waals surface area contributed by atoms with E-state index < -0.39 is 17.0 Å². The molecule has 31 heavy (non-hydrogen) atoms. The number of carbonyl (C=O) groups is 1. The minimum atomic E-state index is -0.655. The van der Waals surface area contributed by atoms with Crippen LogP contribution in [-0.4, -0.2) is 20.3 Å². The Balaban J connectivity index is 2.30. The molecule has 2 heterocycles. The van der Waals surface area contributed by atoms with Crippen molar-refractivity contribution in [1.29, 1.82) is 5.26 Å². The third-order valence-electron chi connectivity index (χ3n) is 4.98. The number of H-pyrrole nitrogens is 1. The summed E-state index contributed by atoms with van der Waals surface area (Å²) < 4.78 is 1.31. The first kappa shape index (κ1) is 21.9. The van der Waals surface area contributed by atoms with Crippen LogP contribution in [0.5, 0.6) is 0 Å². The number of nitriles is 1. The molecule has 7 heteroatoms. The van der Waals surface area contributed by atoms with Gasteiger partial charge in [-0.05, 0) is 68.1 Å². The van der Waals surface area contributed by atoms with Crippen molar-refractivity contribution in [2.75, 3.05) is 0 Å². The Hall–Kier alpha value is -3.79. The van der Waals surface area contributed by atoms with Crippen LogP contribution in [0.2, 0.25) is 0 Å². The van der Waals surface area contributed by atoms with E-state index in [1.54, 1.807) is 32.9 Å². The van der Waals surface area contributed by atoms with Crippen molar-refractivity contribution in [1.82, 2.24) is 14.5 Å². The molecular formula is C24H24N4O3. The van der Waals surface area contributed by atoms with E-state index in [-0.39, 0.29) is 29.3 Å². The van der Waals surface area contributed by atoms with Gasteiger partial charge in [-0.1, -0.05) is 13.8 Å². The van der Waals surface area contributed by atoms with Crippen LogP contribution in [0, 0.1) is 32.1 Å². The van der Waals surface area contributed by atoms with Gasteiger partial charge in [0.05, 0.1) is 18.2 Å². The first-order valence-corrected chi connectivity index (χ1v) is 9.98. The van der Waals surface area contributed by atoms with Crippen LogP contribution in [-0.2, 0) is 6.54 Å². The van der Waals surface area contributed by atoms with Gasteiger partial charge in [0, 0.05) is 22.5 Å². The Morgan fingerprint density at radius 1 is 1.10 bits per heavy atom. The van der Waals surface area contributed by atoms with Crippen LogP contribution in [0.15, 0.2) is 39.9 Å². The lowest BCUT2D eigenvalue weighted by atomic mass is 9.95. The standard InChI is InChI=1S/C24H24N4O3/c1-13(2)20-21(22(29)19-7-14(3)6-17(10-19)11-25)28(24(31)27-23(20)30)12-18-8-15(4)26-16(5)9-18/h6-10,13H,12H2,1-5H3,(H,27,30,31). The average molecular weight is 416 g/mol. The van der Waals surface area contributed by atoms with Crippen LogP contribution in [0.25, 0.3) is 0 Å². The highest BCUT2D eigenvalue weighted by molar-refractivity contribution is 6.09. The molecule has 1 N–H and O–H groups in total. The number of hydrogen-bond donors (Lipinski definition) is 1. The number of nitrogens with zero attached hydrogens (tertiary/aromatic N) is 3. The van der Waals surface area contributed by atoms with Gasteiger partial charge in [-0.25, -0.2) is 4.79 Å². The first-order chi connectivity index (χ1) is 14.6. The molecule has 0 fully saturated rings. The van der Waals surface area contributed by atoms with Gasteiger partial charge in [-0.3, -0.25) is 24.1 Å². The molecule has 0 saturated heterocycles. The molecule has 0 amide bonds. The van der Waals surface area contributed by atoms with Gasteiger partial charge < -0.3 is 0 Å². The number of aromatic nitrogens is 3. The summed E-state index contributed by atoms with van der Waals surface area (Å²) in [6.45, 7) is 9.20. The Bertz CT molecular complexity index is 1320. The molecular weight excluding hydrogens is 392 g/mol. The number of pyridine rings is 1. The monoisotopic (exact) mass is 416 g/mol. The molecule has 0 radical (unpaired) electrons. The highest BCUT2D eigenvalue weighted by Gasteiger charge is 2.25. The molecule has 0 aliphatic heterocycles. The zero-order valence-electron chi connectivity index (χ0n) is 18.2. The zero-order valence-corrected chi connectivity index (χ0v) is 18.2. The predicted molar refractivity (Wildman–Crippen MR) is 118 cm³/mol. The lowest BCUT2D eigenvalue weighted by Gasteiger charge is -2.18. The molecule has 0 aliphatic rings. The molecule has 7 nitrogen and oxygen atoms in total. The SMILES string of the molecule is Cc1cc(C#N)cc(C(=O)c2c(C(C)C)c(=O)[nH]c(=O)n2Cc2cc(C)nc(C)c2)c1. The van der Waals surface area contributed by atoms with Gasteiger partial charge in [-0.2, -0.15) is 5.26 Å². The summed E-state index contributed by atoms with van der Waals surface area (Å²) in [4.78, 5) is 45.8. The van der Waals surface area contributed by atoms with Gasteiger partial charge in [0.15, 0.2) is 0 Å². The van der Waals surface area contributed by atoms with Crippen LogP contribution < -0.4 is 11.2 Å². The average Bonchev–Trinajstić information content (AvgIpc) is 2.67. The van der Waals surface area contributed by atoms with Crippen molar-refractivity contribution in [2.45, 2.75) is 47.1 Å². The maximum Gasteiger partial charge on any atom is 0.329 e. The Morgan fingerprint density at radius 2 is 1.74 bits per heavy atom. The predicted octanol–water partition coefficient (Wildman–Crippen LogP) is 3.13. The van der Waals surface area contributed by atoms with E-state index in [0.717, 1.165) is 22.5 Å². The van der Waals surface area contributed by atoms with Gasteiger partial charge in [0.2, 0.25) is 5.78 Å². The summed E-state index contributed by atoms with van der Waals surface area (Å²) in [5.74, 6) is -0.759. The number of benzene rings is 1. The molecule has 2 aromatic heterocycles. The number of aromatic amines is 1. The number of rotatable bonds is 5. The normalized spacial score (nSPS) is 10.9. The fraction of sp³-hybridized carbons (Fsp3) is 0.292. The summed E-state index contributed by atoms with van der Waals surface area (Å²) in [6.07, 6.45) is 0. The second-order valence-electron chi connectivity index (χ2n) is 8.05. The second kappa shape index (κ2) is 8.52. The fourth-order valence-electron chi connectivity index (χ4n) is 3.83. The maximum absolute atomic E-state index is 13.6. The number of aryl methyl sites for hydroxylation is 3. The van der Waals surface area contributed by atoms with Crippen LogP contribution in [0.4, 0.5) is 0 Å². The minimum Gasteiger partial charge on any atom is -0.287 e. The van der Waals surface area contributed by atoms with Gasteiger partial charge in [0.25, 0.3) is 5.56 Å². The fourth-order valence-corrected chi connectivity index (χ4v) is 3.83. The number of nitrogens with one attached hydrogen (secondary N) is 1. The summed E-state index contributed by atoms with van der Waals surface area (Å²) in [7, 11) is 0. The van der Waals surface area contributed by atoms with E-state index in [0.29, 0.717) is 5.56 Å². The van der Waals surface area contributed by atoms with Crippen molar-refractivity contribution >= 4 is 5.78 Å². The zero-order chi connectivity index (χ0) is 22.9. The van der Waals surface area contributed by atoms with E-state index >= 15 is 0 Å². The lowest BCUT2D eigenvalue weighted by Crippen LogP contribution is -2.38. The van der Waals surface area contributed by atoms with E-state index in [9.17, 15) is 19.6 Å². The van der Waals surface area contributed by atoms with E-state index in [4.69, 9.17) is 0 Å². The molecule has 1 aromatic carbocycles. The highest BCUT2D eigenvalue weighted by atomic mass is 16.2. The third-order valence-corrected chi connectivity index (χ3v) is 4.98. The van der Waals surface area contributed by atoms with Crippen molar-refractivity contribution in [3.8, 4) is 6.07 Å². The summed E-state index contributed by atoms with van der Waals surface area (Å²) in [5, 5.41) is 9.29. The smallest absolute Gasteiger partial charge is 0.287 e. The number of carbonyl (C=O) groups excluding carboxylic acids is 1. The van der Waals surface area contributed by atoms with Gasteiger partial charge in [-0.15, -0.1) is 0 Å². The molecule has 158 valence electrons. The number of hydrogen-bond acceptors (Lipinski definition) is 5. The first-order valence-electron chi connectivity index (χ1n) is 9.98. The third kappa shape index (κ3) is 4.53. The Labute approximate surface area is 180 Å². The summed E-state index contributed by atoms with van der Waals surface area (Å²) >= 11 is 0. The van der Waals surface area contributed by atoms with Crippen molar-refractivity contribution in [2.24, 2.45) is 0 Å². The highest BCUT2D eigenvalue weighted by Crippen LogP contribution is 2.21. The lowest BCUT2D eigenvalue weighted by molar-refractivity contribution is 0.102. The van der Waals surface area contributed by atoms with Crippen molar-refractivity contribution in [3.63, 3.8) is 0 Å². The topological polar surface area (TPSA) is 109 Å². The van der Waals surface area contributed by atoms with Crippen LogP contribution in [0.3, 0.4) is 0 Å². The molecule has 0 aliphatic carbocycles. The Morgan fingerprint density at radius 3 is 2.32 bits per heavy atom. The van der Waals surface area contributed by atoms with Crippen molar-refractivity contribution < 1.29 is 4.79 Å². The van der Waals surface area contributed by atoms with E-state index in [1.807, 2.05) is 32.0 Å². The minimum absolute atomic E-state index is 0.0466. The largest absolute Gasteiger partial charge is 0.329 e. The molecule has 0 unspecified atom stereocenters. The molecule has 0 atom stereocenters. The molecule has 0 spiro atoms. The molecule has 0 bridgehead atoms. The van der Waals surface area contributed by atoms with Gasteiger partial charge >= 0.3 is 5.69 Å². The quantitative estimate of drug-likeness (QED) is 0.643. The van der Waals surface area contributed by atoms with Crippen molar-refractivity contribution in [3.05, 3.63) is 96.1 Å². The van der Waals surface area contributed by atoms with E-state index in [2.05, 4.69) is 9.97 Å². The molecule has 3 rings (SSSR count). The molecule has 3 aromatic rings. The maximum atomic E-state index is 13.6.